The van der Waals surface area contributed by atoms with Gasteiger partial charge in [-0.25, -0.2) is 14.2 Å². The average Bonchev–Trinajstić information content (AvgIpc) is 3.02. The normalized spacial score (nSPS) is 20.9. The van der Waals surface area contributed by atoms with Crippen LogP contribution in [-0.2, 0) is 30.5 Å². The van der Waals surface area contributed by atoms with Crippen LogP contribution in [0.3, 0.4) is 0 Å². The second-order valence-corrected chi connectivity index (χ2v) is 7.97. The molecule has 1 aromatic heterocycles. The van der Waals surface area contributed by atoms with Crippen molar-refractivity contribution < 1.29 is 37.1 Å². The van der Waals surface area contributed by atoms with Crippen molar-refractivity contribution in [2.75, 3.05) is 19.0 Å². The molecule has 0 radical (unpaired) electrons. The van der Waals surface area contributed by atoms with Crippen LogP contribution in [0.25, 0.3) is 0 Å². The molecule has 0 aliphatic carbocycles. The van der Waals surface area contributed by atoms with Gasteiger partial charge < -0.3 is 15.3 Å². The van der Waals surface area contributed by atoms with E-state index in [0.717, 1.165) is 11.1 Å². The number of hydrogen-bond donors (Lipinski definition) is 2. The van der Waals surface area contributed by atoms with E-state index in [1.165, 1.54) is 16.6 Å². The van der Waals surface area contributed by atoms with Crippen molar-refractivity contribution in [3.63, 3.8) is 0 Å². The largest absolute Gasteiger partial charge is 0.419 e. The summed E-state index contributed by atoms with van der Waals surface area (Å²) in [6.45, 7) is 1.52. The van der Waals surface area contributed by atoms with E-state index in [1.54, 1.807) is 6.92 Å². The topological polar surface area (TPSA) is 99.9 Å². The minimum atomic E-state index is -4.91. The van der Waals surface area contributed by atoms with Gasteiger partial charge in [0.2, 0.25) is 0 Å². The lowest BCUT2D eigenvalue weighted by Crippen LogP contribution is -2.45. The van der Waals surface area contributed by atoms with E-state index in [-0.39, 0.29) is 37.1 Å². The van der Waals surface area contributed by atoms with Crippen LogP contribution in [0.4, 0.5) is 28.0 Å². The summed E-state index contributed by atoms with van der Waals surface area (Å²) < 4.78 is 54.0. The first-order chi connectivity index (χ1) is 15.5. The van der Waals surface area contributed by atoms with Crippen LogP contribution in [0.15, 0.2) is 18.2 Å². The van der Waals surface area contributed by atoms with Gasteiger partial charge in [-0.3, -0.25) is 14.3 Å². The Hall–Kier alpha value is -3.19. The summed E-state index contributed by atoms with van der Waals surface area (Å²) in [5.41, 5.74) is -0.367. The molecule has 2 aliphatic rings. The lowest BCUT2D eigenvalue weighted by Gasteiger charge is -2.33. The average molecular weight is 471 g/mol. The van der Waals surface area contributed by atoms with Gasteiger partial charge in [-0.15, -0.1) is 0 Å². The number of aromatic nitrogens is 2. The van der Waals surface area contributed by atoms with Crippen molar-refractivity contribution in [2.45, 2.75) is 44.8 Å². The highest BCUT2D eigenvalue weighted by atomic mass is 19.4. The Morgan fingerprint density at radius 2 is 2.09 bits per heavy atom. The van der Waals surface area contributed by atoms with E-state index in [2.05, 4.69) is 10.4 Å². The number of nitrogens with one attached hydrogen (secondary N) is 1. The molecule has 0 saturated heterocycles. The Morgan fingerprint density at radius 1 is 1.36 bits per heavy atom. The highest BCUT2D eigenvalue weighted by molar-refractivity contribution is 5.94. The SMILES string of the molecule is C[C@@H]1Cc2nn3c(c2CN1C(=O)Nc1ccc(F)c(C(F)(F)F)c1)C(=O)N(C)OC(CO)C3. The number of hydrogen-bond acceptors (Lipinski definition) is 5. The molecule has 0 fully saturated rings. The summed E-state index contributed by atoms with van der Waals surface area (Å²) in [4.78, 5) is 32.5. The Labute approximate surface area is 185 Å². The molecule has 1 aromatic carbocycles. The fourth-order valence-corrected chi connectivity index (χ4v) is 3.99. The highest BCUT2D eigenvalue weighted by Gasteiger charge is 2.38. The van der Waals surface area contributed by atoms with Crippen molar-refractivity contribution in [1.82, 2.24) is 19.7 Å². The number of hydroxylamine groups is 2. The molecule has 2 aliphatic heterocycles. The molecule has 33 heavy (non-hydrogen) atoms. The summed E-state index contributed by atoms with van der Waals surface area (Å²) in [5, 5.41) is 17.3. The summed E-state index contributed by atoms with van der Waals surface area (Å²) in [6.07, 6.45) is -5.28. The van der Waals surface area contributed by atoms with Gasteiger partial charge in [-0.05, 0) is 25.1 Å². The third-order valence-electron chi connectivity index (χ3n) is 5.64. The van der Waals surface area contributed by atoms with Crippen LogP contribution in [0, 0.1) is 5.82 Å². The summed E-state index contributed by atoms with van der Waals surface area (Å²) >= 11 is 0. The maximum absolute atomic E-state index is 13.6. The molecular weight excluding hydrogens is 450 g/mol. The number of aliphatic hydroxyl groups is 1. The maximum atomic E-state index is 13.6. The molecule has 13 heteroatoms. The standard InChI is InChI=1S/C20H21F4N5O4/c1-10-5-16-13(17-18(31)27(2)33-12(9-30)7-29(17)26-16)8-28(10)19(32)25-11-3-4-15(21)14(6-11)20(22,23)24/h3-4,6,10,12,30H,5,7-9H2,1-2H3,(H,25,32)/t10-,12?/m1/s1. The second-order valence-electron chi connectivity index (χ2n) is 7.97. The first-order valence-electron chi connectivity index (χ1n) is 10.1. The molecule has 0 saturated carbocycles. The van der Waals surface area contributed by atoms with Crippen molar-refractivity contribution in [1.29, 1.82) is 0 Å². The number of aliphatic hydroxyl groups excluding tert-OH is 1. The quantitative estimate of drug-likeness (QED) is 0.656. The lowest BCUT2D eigenvalue weighted by molar-refractivity contribution is -0.159. The molecule has 2 atom stereocenters. The molecule has 1 unspecified atom stereocenters. The maximum Gasteiger partial charge on any atom is 0.419 e. The van der Waals surface area contributed by atoms with Gasteiger partial charge in [0.1, 0.15) is 17.6 Å². The number of halogens is 4. The molecule has 4 rings (SSSR count). The van der Waals surface area contributed by atoms with Crippen molar-refractivity contribution in [2.24, 2.45) is 0 Å². The van der Waals surface area contributed by atoms with E-state index in [9.17, 15) is 32.3 Å². The molecule has 0 bridgehead atoms. The fraction of sp³-hybridized carbons (Fsp3) is 0.450. The van der Waals surface area contributed by atoms with Crippen molar-refractivity contribution in [3.05, 3.63) is 46.5 Å². The zero-order valence-electron chi connectivity index (χ0n) is 17.7. The third kappa shape index (κ3) is 4.25. The minimum absolute atomic E-state index is 0.0195. The number of fused-ring (bicyclic) bond motifs is 3. The Morgan fingerprint density at radius 3 is 2.76 bits per heavy atom. The number of carbonyl (C=O) groups is 2. The Bertz CT molecular complexity index is 1100. The first-order valence-corrected chi connectivity index (χ1v) is 10.1. The minimum Gasteiger partial charge on any atom is -0.393 e. The number of anilines is 1. The van der Waals surface area contributed by atoms with Gasteiger partial charge in [0.25, 0.3) is 5.91 Å². The van der Waals surface area contributed by atoms with Gasteiger partial charge in [0, 0.05) is 30.8 Å². The predicted molar refractivity (Wildman–Crippen MR) is 105 cm³/mol. The number of carbonyl (C=O) groups excluding carboxylic acids is 2. The summed E-state index contributed by atoms with van der Waals surface area (Å²) in [5.74, 6) is -1.94. The van der Waals surface area contributed by atoms with Crippen LogP contribution in [0.2, 0.25) is 0 Å². The summed E-state index contributed by atoms with van der Waals surface area (Å²) in [7, 11) is 1.41. The number of amides is 3. The van der Waals surface area contributed by atoms with Gasteiger partial charge in [0.05, 0.1) is 31.0 Å². The van der Waals surface area contributed by atoms with Crippen molar-refractivity contribution >= 4 is 17.6 Å². The molecule has 2 N–H and O–H groups in total. The zero-order valence-corrected chi connectivity index (χ0v) is 17.7. The van der Waals surface area contributed by atoms with Crippen LogP contribution >= 0.6 is 0 Å². The van der Waals surface area contributed by atoms with Crippen LogP contribution in [-0.4, -0.2) is 62.6 Å². The Balaban J connectivity index is 1.60. The van der Waals surface area contributed by atoms with E-state index >= 15 is 0 Å². The van der Waals surface area contributed by atoms with E-state index < -0.39 is 35.6 Å². The molecular formula is C20H21F4N5O4. The van der Waals surface area contributed by atoms with E-state index in [0.29, 0.717) is 29.8 Å². The Kier molecular flexibility index (Phi) is 5.78. The lowest BCUT2D eigenvalue weighted by atomic mass is 9.99. The highest BCUT2D eigenvalue weighted by Crippen LogP contribution is 2.34. The first kappa shape index (κ1) is 23.0. The van der Waals surface area contributed by atoms with Gasteiger partial charge >= 0.3 is 12.2 Å². The summed E-state index contributed by atoms with van der Waals surface area (Å²) in [6, 6.07) is 1.13. The number of urea groups is 1. The number of alkyl halides is 3. The predicted octanol–water partition coefficient (Wildman–Crippen LogP) is 2.40. The van der Waals surface area contributed by atoms with Crippen LogP contribution < -0.4 is 5.32 Å². The second kappa shape index (κ2) is 8.30. The molecule has 178 valence electrons. The number of benzene rings is 1. The van der Waals surface area contributed by atoms with E-state index in [4.69, 9.17) is 4.84 Å². The van der Waals surface area contributed by atoms with Gasteiger partial charge in [0.15, 0.2) is 0 Å². The van der Waals surface area contributed by atoms with E-state index in [1.807, 2.05) is 0 Å². The molecule has 3 amide bonds. The third-order valence-corrected chi connectivity index (χ3v) is 5.64. The van der Waals surface area contributed by atoms with Gasteiger partial charge in [-0.2, -0.15) is 18.3 Å². The van der Waals surface area contributed by atoms with Gasteiger partial charge in [-0.1, -0.05) is 0 Å². The van der Waals surface area contributed by atoms with Crippen LogP contribution in [0.5, 0.6) is 0 Å². The molecule has 3 heterocycles. The van der Waals surface area contributed by atoms with Crippen molar-refractivity contribution in [3.8, 4) is 0 Å². The fourth-order valence-electron chi connectivity index (χ4n) is 3.99. The zero-order chi connectivity index (χ0) is 24.1. The van der Waals surface area contributed by atoms with Crippen LogP contribution in [0.1, 0.15) is 34.2 Å². The smallest absolute Gasteiger partial charge is 0.393 e. The molecule has 0 spiro atoms. The number of nitrogens with zero attached hydrogens (tertiary/aromatic N) is 4. The molecule has 2 aromatic rings. The monoisotopic (exact) mass is 471 g/mol. The molecule has 9 nitrogen and oxygen atoms in total. The number of rotatable bonds is 2.